The molecular formula is C18H22N2O4. The monoisotopic (exact) mass is 330 g/mol. The van der Waals surface area contributed by atoms with Crippen molar-refractivity contribution in [3.05, 3.63) is 53.5 Å². The summed E-state index contributed by atoms with van der Waals surface area (Å²) < 4.78 is 5.17. The van der Waals surface area contributed by atoms with Gasteiger partial charge in [-0.2, -0.15) is 0 Å². The third-order valence-corrected chi connectivity index (χ3v) is 3.60. The molecule has 1 atom stereocenters. The average molecular weight is 330 g/mol. The number of hydrogen-bond acceptors (Lipinski definition) is 4. The van der Waals surface area contributed by atoms with Gasteiger partial charge in [0.1, 0.15) is 5.76 Å². The summed E-state index contributed by atoms with van der Waals surface area (Å²) in [6, 6.07) is 8.99. The lowest BCUT2D eigenvalue weighted by atomic mass is 10.0. The first kappa shape index (κ1) is 17.7. The minimum Gasteiger partial charge on any atom is -0.469 e. The number of anilines is 1. The number of benzene rings is 1. The molecule has 3 N–H and O–H groups in total. The van der Waals surface area contributed by atoms with Crippen molar-refractivity contribution in [1.29, 1.82) is 0 Å². The molecule has 1 heterocycles. The van der Waals surface area contributed by atoms with Gasteiger partial charge in [-0.3, -0.25) is 9.59 Å². The van der Waals surface area contributed by atoms with Crippen molar-refractivity contribution >= 4 is 17.5 Å². The van der Waals surface area contributed by atoms with E-state index < -0.39 is 17.4 Å². The highest BCUT2D eigenvalue weighted by molar-refractivity contribution is 6.39. The van der Waals surface area contributed by atoms with Crippen molar-refractivity contribution in [3.8, 4) is 0 Å². The Morgan fingerprint density at radius 1 is 1.21 bits per heavy atom. The second-order valence-corrected chi connectivity index (χ2v) is 6.21. The molecule has 2 amide bonds. The van der Waals surface area contributed by atoms with Gasteiger partial charge in [0.05, 0.1) is 11.9 Å². The van der Waals surface area contributed by atoms with Gasteiger partial charge in [0.25, 0.3) is 0 Å². The molecule has 24 heavy (non-hydrogen) atoms. The van der Waals surface area contributed by atoms with Gasteiger partial charge in [0.15, 0.2) is 0 Å². The molecule has 0 spiro atoms. The molecule has 0 saturated heterocycles. The van der Waals surface area contributed by atoms with Gasteiger partial charge < -0.3 is 20.2 Å². The van der Waals surface area contributed by atoms with E-state index in [4.69, 9.17) is 4.42 Å². The van der Waals surface area contributed by atoms with Crippen LogP contribution in [0.1, 0.15) is 23.8 Å². The van der Waals surface area contributed by atoms with Crippen LogP contribution in [0, 0.1) is 13.8 Å². The summed E-state index contributed by atoms with van der Waals surface area (Å²) in [6.07, 6.45) is 1.75. The summed E-state index contributed by atoms with van der Waals surface area (Å²) in [7, 11) is 0. The molecule has 6 nitrogen and oxygen atoms in total. The van der Waals surface area contributed by atoms with Crippen molar-refractivity contribution in [2.24, 2.45) is 0 Å². The Morgan fingerprint density at radius 3 is 2.58 bits per heavy atom. The summed E-state index contributed by atoms with van der Waals surface area (Å²) in [5, 5.41) is 15.3. The standard InChI is InChI=1S/C18H22N2O4/c1-12-6-7-15(13(2)9-12)20-17(22)16(21)19-11-18(3,23)10-14-5-4-8-24-14/h4-9,23H,10-11H2,1-3H3,(H,19,21)(H,20,22). The fourth-order valence-corrected chi connectivity index (χ4v) is 2.33. The number of nitrogens with one attached hydrogen (secondary N) is 2. The molecule has 0 aliphatic heterocycles. The Balaban J connectivity index is 1.88. The SMILES string of the molecule is Cc1ccc(NC(=O)C(=O)NCC(C)(O)Cc2ccco2)c(C)c1. The summed E-state index contributed by atoms with van der Waals surface area (Å²) in [4.78, 5) is 23.9. The summed E-state index contributed by atoms with van der Waals surface area (Å²) in [5.41, 5.74) is 1.32. The van der Waals surface area contributed by atoms with Gasteiger partial charge in [-0.25, -0.2) is 0 Å². The largest absolute Gasteiger partial charge is 0.469 e. The highest BCUT2D eigenvalue weighted by Crippen LogP contribution is 2.16. The lowest BCUT2D eigenvalue weighted by molar-refractivity contribution is -0.136. The van der Waals surface area contributed by atoms with E-state index in [-0.39, 0.29) is 13.0 Å². The zero-order chi connectivity index (χ0) is 17.7. The molecule has 2 aromatic rings. The van der Waals surface area contributed by atoms with Crippen LogP contribution in [0.2, 0.25) is 0 Å². The van der Waals surface area contributed by atoms with Crippen molar-refractivity contribution in [3.63, 3.8) is 0 Å². The maximum atomic E-state index is 12.0. The molecule has 0 aliphatic carbocycles. The highest BCUT2D eigenvalue weighted by Gasteiger charge is 2.25. The van der Waals surface area contributed by atoms with Crippen molar-refractivity contribution in [2.75, 3.05) is 11.9 Å². The van der Waals surface area contributed by atoms with Crippen molar-refractivity contribution in [2.45, 2.75) is 32.8 Å². The second-order valence-electron chi connectivity index (χ2n) is 6.21. The quantitative estimate of drug-likeness (QED) is 0.731. The Kier molecular flexibility index (Phi) is 5.41. The Morgan fingerprint density at radius 2 is 1.96 bits per heavy atom. The van der Waals surface area contributed by atoms with Crippen LogP contribution < -0.4 is 10.6 Å². The van der Waals surface area contributed by atoms with Crippen LogP contribution in [0.5, 0.6) is 0 Å². The molecule has 6 heteroatoms. The van der Waals surface area contributed by atoms with Crippen LogP contribution in [0.4, 0.5) is 5.69 Å². The van der Waals surface area contributed by atoms with Crippen LogP contribution in [0.3, 0.4) is 0 Å². The van der Waals surface area contributed by atoms with Gasteiger partial charge in [0, 0.05) is 18.7 Å². The predicted molar refractivity (Wildman–Crippen MR) is 90.6 cm³/mol. The number of carbonyl (C=O) groups is 2. The number of aliphatic hydroxyl groups is 1. The van der Waals surface area contributed by atoms with Crippen molar-refractivity contribution < 1.29 is 19.1 Å². The van der Waals surface area contributed by atoms with Crippen LogP contribution in [-0.2, 0) is 16.0 Å². The zero-order valence-electron chi connectivity index (χ0n) is 14.1. The molecule has 2 rings (SSSR count). The summed E-state index contributed by atoms with van der Waals surface area (Å²) in [6.45, 7) is 5.31. The Labute approximate surface area is 140 Å². The van der Waals surface area contributed by atoms with Gasteiger partial charge in [-0.1, -0.05) is 17.7 Å². The second kappa shape index (κ2) is 7.31. The lowest BCUT2D eigenvalue weighted by Gasteiger charge is -2.22. The molecule has 1 aromatic heterocycles. The fraction of sp³-hybridized carbons (Fsp3) is 0.333. The number of hydrogen-bond donors (Lipinski definition) is 3. The Bertz CT molecular complexity index is 721. The predicted octanol–water partition coefficient (Wildman–Crippen LogP) is 1.94. The molecule has 0 fully saturated rings. The first-order valence-electron chi connectivity index (χ1n) is 7.68. The number of carbonyl (C=O) groups excluding carboxylic acids is 2. The van der Waals surface area contributed by atoms with E-state index >= 15 is 0 Å². The number of aryl methyl sites for hydroxylation is 2. The first-order valence-corrected chi connectivity index (χ1v) is 7.68. The number of amides is 2. The van der Waals surface area contributed by atoms with Crippen LogP contribution in [0.15, 0.2) is 41.0 Å². The maximum Gasteiger partial charge on any atom is 0.313 e. The number of rotatable bonds is 5. The summed E-state index contributed by atoms with van der Waals surface area (Å²) in [5.74, 6) is -0.959. The zero-order valence-corrected chi connectivity index (χ0v) is 14.1. The van der Waals surface area contributed by atoms with E-state index in [0.717, 1.165) is 11.1 Å². The molecular weight excluding hydrogens is 308 g/mol. The molecule has 1 aromatic carbocycles. The lowest BCUT2D eigenvalue weighted by Crippen LogP contribution is -2.45. The third-order valence-electron chi connectivity index (χ3n) is 3.60. The Hall–Kier alpha value is -2.60. The molecule has 128 valence electrons. The van der Waals surface area contributed by atoms with Gasteiger partial charge in [-0.05, 0) is 44.5 Å². The van der Waals surface area contributed by atoms with Crippen LogP contribution in [-0.4, -0.2) is 29.1 Å². The molecule has 0 radical (unpaired) electrons. The molecule has 0 saturated carbocycles. The topological polar surface area (TPSA) is 91.6 Å². The van der Waals surface area contributed by atoms with Gasteiger partial charge >= 0.3 is 11.8 Å². The first-order chi connectivity index (χ1) is 11.3. The minimum absolute atomic E-state index is 0.0627. The molecule has 1 unspecified atom stereocenters. The highest BCUT2D eigenvalue weighted by atomic mass is 16.3. The number of furan rings is 1. The van der Waals surface area contributed by atoms with Crippen LogP contribution in [0.25, 0.3) is 0 Å². The van der Waals surface area contributed by atoms with E-state index in [1.807, 2.05) is 26.0 Å². The van der Waals surface area contributed by atoms with E-state index in [1.165, 1.54) is 6.26 Å². The van der Waals surface area contributed by atoms with Gasteiger partial charge in [-0.15, -0.1) is 0 Å². The maximum absolute atomic E-state index is 12.0. The third kappa shape index (κ3) is 4.96. The smallest absolute Gasteiger partial charge is 0.313 e. The van der Waals surface area contributed by atoms with E-state index in [1.54, 1.807) is 25.1 Å². The minimum atomic E-state index is -1.21. The average Bonchev–Trinajstić information content (AvgIpc) is 2.99. The normalized spacial score (nSPS) is 13.2. The van der Waals surface area contributed by atoms with E-state index in [0.29, 0.717) is 11.4 Å². The van der Waals surface area contributed by atoms with Crippen molar-refractivity contribution in [1.82, 2.24) is 5.32 Å². The van der Waals surface area contributed by atoms with E-state index in [9.17, 15) is 14.7 Å². The van der Waals surface area contributed by atoms with Gasteiger partial charge in [0.2, 0.25) is 0 Å². The fourth-order valence-electron chi connectivity index (χ4n) is 2.33. The molecule has 0 bridgehead atoms. The summed E-state index contributed by atoms with van der Waals surface area (Å²) >= 11 is 0. The van der Waals surface area contributed by atoms with E-state index in [2.05, 4.69) is 10.6 Å². The van der Waals surface area contributed by atoms with Crippen LogP contribution >= 0.6 is 0 Å². The molecule has 0 aliphatic rings.